The van der Waals surface area contributed by atoms with Crippen LogP contribution >= 0.6 is 0 Å². The van der Waals surface area contributed by atoms with Gasteiger partial charge in [-0.25, -0.2) is 0 Å². The molecule has 1 nitrogen and oxygen atoms in total. The summed E-state index contributed by atoms with van der Waals surface area (Å²) in [5.74, 6) is 0.970. The molecule has 0 aromatic heterocycles. The second-order valence-corrected chi connectivity index (χ2v) is 5.56. The zero-order valence-corrected chi connectivity index (χ0v) is 9.77. The maximum atomic E-state index is 2.50. The van der Waals surface area contributed by atoms with Gasteiger partial charge in [0.15, 0.2) is 0 Å². The van der Waals surface area contributed by atoms with E-state index < -0.39 is 0 Å². The maximum Gasteiger partial charge on any atom is 0.0122 e. The Hall–Kier alpha value is -0.0400. The third kappa shape index (κ3) is 3.68. The zero-order valence-electron chi connectivity index (χ0n) is 9.77. The number of rotatable bonds is 2. The standard InChI is InChI=1S/C12H25N/c1-12(2,3)13(4)10-11-8-6-5-7-9-11/h11H,5-10H2,1-4H3. The van der Waals surface area contributed by atoms with Crippen LogP contribution in [0.25, 0.3) is 0 Å². The van der Waals surface area contributed by atoms with E-state index in [0.29, 0.717) is 5.54 Å². The third-order valence-corrected chi connectivity index (χ3v) is 3.40. The van der Waals surface area contributed by atoms with E-state index in [1.807, 2.05) is 0 Å². The fraction of sp³-hybridized carbons (Fsp3) is 1.00. The van der Waals surface area contributed by atoms with Crippen LogP contribution in [-0.2, 0) is 0 Å². The fourth-order valence-electron chi connectivity index (χ4n) is 2.03. The molecule has 0 aromatic rings. The van der Waals surface area contributed by atoms with Crippen molar-refractivity contribution in [2.75, 3.05) is 13.6 Å². The molecule has 0 aliphatic heterocycles. The van der Waals surface area contributed by atoms with Crippen molar-refractivity contribution in [1.29, 1.82) is 0 Å². The Balaban J connectivity index is 2.30. The van der Waals surface area contributed by atoms with Crippen molar-refractivity contribution in [2.45, 2.75) is 58.4 Å². The van der Waals surface area contributed by atoms with Gasteiger partial charge < -0.3 is 4.90 Å². The smallest absolute Gasteiger partial charge is 0.0122 e. The minimum absolute atomic E-state index is 0.345. The second-order valence-electron chi connectivity index (χ2n) is 5.56. The van der Waals surface area contributed by atoms with Crippen LogP contribution in [-0.4, -0.2) is 24.0 Å². The Labute approximate surface area is 83.5 Å². The molecule has 1 saturated carbocycles. The maximum absolute atomic E-state index is 2.50. The number of hydrogen-bond acceptors (Lipinski definition) is 1. The van der Waals surface area contributed by atoms with Crippen LogP contribution in [0, 0.1) is 5.92 Å². The van der Waals surface area contributed by atoms with Gasteiger partial charge in [0.05, 0.1) is 0 Å². The lowest BCUT2D eigenvalue weighted by Crippen LogP contribution is -2.41. The fourth-order valence-corrected chi connectivity index (χ4v) is 2.03. The van der Waals surface area contributed by atoms with Gasteiger partial charge in [0, 0.05) is 12.1 Å². The normalized spacial score (nSPS) is 21.0. The van der Waals surface area contributed by atoms with Crippen LogP contribution in [0.1, 0.15) is 52.9 Å². The Morgan fingerprint density at radius 1 is 1.08 bits per heavy atom. The summed E-state index contributed by atoms with van der Waals surface area (Å²) < 4.78 is 0. The highest BCUT2D eigenvalue weighted by Crippen LogP contribution is 2.25. The third-order valence-electron chi connectivity index (χ3n) is 3.40. The molecule has 0 amide bonds. The summed E-state index contributed by atoms with van der Waals surface area (Å²) in [6.45, 7) is 8.20. The van der Waals surface area contributed by atoms with E-state index in [1.54, 1.807) is 0 Å². The van der Waals surface area contributed by atoms with Crippen molar-refractivity contribution in [3.63, 3.8) is 0 Å². The molecule has 0 radical (unpaired) electrons. The molecule has 13 heavy (non-hydrogen) atoms. The lowest BCUT2D eigenvalue weighted by molar-refractivity contribution is 0.134. The largest absolute Gasteiger partial charge is 0.301 e. The quantitative estimate of drug-likeness (QED) is 0.635. The summed E-state index contributed by atoms with van der Waals surface area (Å²) in [5, 5.41) is 0. The van der Waals surface area contributed by atoms with Gasteiger partial charge in [0.1, 0.15) is 0 Å². The van der Waals surface area contributed by atoms with Crippen LogP contribution in [0.4, 0.5) is 0 Å². The van der Waals surface area contributed by atoms with Crippen molar-refractivity contribution in [3.05, 3.63) is 0 Å². The van der Waals surface area contributed by atoms with Gasteiger partial charge >= 0.3 is 0 Å². The lowest BCUT2D eigenvalue weighted by Gasteiger charge is -2.36. The van der Waals surface area contributed by atoms with Crippen molar-refractivity contribution in [2.24, 2.45) is 5.92 Å². The van der Waals surface area contributed by atoms with Crippen LogP contribution in [0.5, 0.6) is 0 Å². The predicted molar refractivity (Wildman–Crippen MR) is 59.0 cm³/mol. The number of nitrogens with zero attached hydrogens (tertiary/aromatic N) is 1. The highest BCUT2D eigenvalue weighted by Gasteiger charge is 2.21. The molecule has 1 fully saturated rings. The zero-order chi connectivity index (χ0) is 9.90. The average molecular weight is 183 g/mol. The summed E-state index contributed by atoms with van der Waals surface area (Å²) in [7, 11) is 2.26. The SMILES string of the molecule is CN(CC1CCCCC1)C(C)(C)C. The molecule has 1 aliphatic rings. The van der Waals surface area contributed by atoms with Gasteiger partial charge in [-0.1, -0.05) is 19.3 Å². The van der Waals surface area contributed by atoms with Crippen molar-refractivity contribution < 1.29 is 0 Å². The number of hydrogen-bond donors (Lipinski definition) is 0. The van der Waals surface area contributed by atoms with Crippen LogP contribution in [0.3, 0.4) is 0 Å². The second kappa shape index (κ2) is 4.45. The molecule has 0 spiro atoms. The molecule has 0 heterocycles. The summed E-state index contributed by atoms with van der Waals surface area (Å²) in [6.07, 6.45) is 7.31. The lowest BCUT2D eigenvalue weighted by atomic mass is 9.88. The first-order valence-corrected chi connectivity index (χ1v) is 5.71. The van der Waals surface area contributed by atoms with Crippen molar-refractivity contribution >= 4 is 0 Å². The van der Waals surface area contributed by atoms with Gasteiger partial charge in [0.25, 0.3) is 0 Å². The van der Waals surface area contributed by atoms with E-state index in [2.05, 4.69) is 32.7 Å². The van der Waals surface area contributed by atoms with Crippen molar-refractivity contribution in [1.82, 2.24) is 4.90 Å². The molecule has 0 atom stereocenters. The van der Waals surface area contributed by atoms with E-state index in [9.17, 15) is 0 Å². The molecular formula is C12H25N. The molecule has 1 aliphatic carbocycles. The molecule has 1 heteroatoms. The predicted octanol–water partition coefficient (Wildman–Crippen LogP) is 3.30. The Morgan fingerprint density at radius 3 is 2.08 bits per heavy atom. The van der Waals surface area contributed by atoms with Crippen molar-refractivity contribution in [3.8, 4) is 0 Å². The molecule has 0 saturated heterocycles. The van der Waals surface area contributed by atoms with Gasteiger partial charge in [-0.15, -0.1) is 0 Å². The first-order valence-electron chi connectivity index (χ1n) is 5.71. The molecule has 0 bridgehead atoms. The van der Waals surface area contributed by atoms with Crippen LogP contribution < -0.4 is 0 Å². The van der Waals surface area contributed by atoms with E-state index in [4.69, 9.17) is 0 Å². The Morgan fingerprint density at radius 2 is 1.62 bits per heavy atom. The summed E-state index contributed by atoms with van der Waals surface area (Å²) in [4.78, 5) is 2.50. The summed E-state index contributed by atoms with van der Waals surface area (Å²) in [6, 6.07) is 0. The van der Waals surface area contributed by atoms with E-state index >= 15 is 0 Å². The molecule has 0 aromatic carbocycles. The monoisotopic (exact) mass is 183 g/mol. The van der Waals surface area contributed by atoms with E-state index in [0.717, 1.165) is 5.92 Å². The summed E-state index contributed by atoms with van der Waals surface area (Å²) >= 11 is 0. The van der Waals surface area contributed by atoms with Gasteiger partial charge in [-0.3, -0.25) is 0 Å². The highest BCUT2D eigenvalue weighted by atomic mass is 15.2. The highest BCUT2D eigenvalue weighted by molar-refractivity contribution is 4.77. The molecule has 0 unspecified atom stereocenters. The van der Waals surface area contributed by atoms with Crippen LogP contribution in [0.2, 0.25) is 0 Å². The molecule has 0 N–H and O–H groups in total. The minimum atomic E-state index is 0.345. The summed E-state index contributed by atoms with van der Waals surface area (Å²) in [5.41, 5.74) is 0.345. The Bertz CT molecular complexity index is 140. The van der Waals surface area contributed by atoms with Gasteiger partial charge in [-0.2, -0.15) is 0 Å². The van der Waals surface area contributed by atoms with Crippen LogP contribution in [0.15, 0.2) is 0 Å². The molecular weight excluding hydrogens is 158 g/mol. The first kappa shape index (κ1) is 11.0. The topological polar surface area (TPSA) is 3.24 Å². The van der Waals surface area contributed by atoms with E-state index in [-0.39, 0.29) is 0 Å². The first-order chi connectivity index (χ1) is 6.00. The molecule has 1 rings (SSSR count). The average Bonchev–Trinajstić information content (AvgIpc) is 2.04. The van der Waals surface area contributed by atoms with Gasteiger partial charge in [0.2, 0.25) is 0 Å². The minimum Gasteiger partial charge on any atom is -0.301 e. The van der Waals surface area contributed by atoms with Gasteiger partial charge in [-0.05, 0) is 46.6 Å². The van der Waals surface area contributed by atoms with E-state index in [1.165, 1.54) is 38.6 Å². The molecule has 78 valence electrons. The Kier molecular flexibility index (Phi) is 3.78.